The number of carbonyl (C=O) groups excluding carboxylic acids is 3. The molecule has 0 saturated carbocycles. The molecule has 1 N–H and O–H groups in total. The first-order valence-electron chi connectivity index (χ1n) is 9.14. The van der Waals surface area contributed by atoms with E-state index < -0.39 is 18.0 Å². The van der Waals surface area contributed by atoms with Gasteiger partial charge in [0, 0.05) is 18.3 Å². The maximum absolute atomic E-state index is 12.3. The lowest BCUT2D eigenvalue weighted by atomic mass is 10.2. The summed E-state index contributed by atoms with van der Waals surface area (Å²) in [7, 11) is 1.53. The molecule has 1 atom stereocenters. The maximum atomic E-state index is 12.3. The van der Waals surface area contributed by atoms with Crippen molar-refractivity contribution in [2.75, 3.05) is 30.5 Å². The first kappa shape index (κ1) is 20.2. The van der Waals surface area contributed by atoms with Gasteiger partial charge in [0.15, 0.2) is 12.7 Å². The van der Waals surface area contributed by atoms with Crippen LogP contribution in [0.25, 0.3) is 0 Å². The summed E-state index contributed by atoms with van der Waals surface area (Å²) in [5.74, 6) is -0.0795. The number of fused-ring (bicyclic) bond motifs is 1. The second-order valence-electron chi connectivity index (χ2n) is 6.41. The molecule has 8 nitrogen and oxygen atoms in total. The molecule has 0 saturated heterocycles. The minimum Gasteiger partial charge on any atom is -0.497 e. The molecular weight excluding hydrogens is 376 g/mol. The van der Waals surface area contributed by atoms with Gasteiger partial charge in [-0.25, -0.2) is 0 Å². The number of ether oxygens (including phenoxy) is 3. The van der Waals surface area contributed by atoms with Crippen molar-refractivity contribution in [3.8, 4) is 11.5 Å². The molecule has 0 bridgehead atoms. The first-order valence-corrected chi connectivity index (χ1v) is 9.14. The number of benzene rings is 2. The van der Waals surface area contributed by atoms with E-state index in [1.54, 1.807) is 42.5 Å². The Balaban J connectivity index is 1.52. The fourth-order valence-electron chi connectivity index (χ4n) is 2.86. The van der Waals surface area contributed by atoms with E-state index in [1.165, 1.54) is 18.9 Å². The number of para-hydroxylation sites is 2. The predicted octanol–water partition coefficient (Wildman–Crippen LogP) is 2.38. The molecule has 2 aromatic rings. The molecule has 29 heavy (non-hydrogen) atoms. The fraction of sp³-hybridized carbons (Fsp3) is 0.286. The van der Waals surface area contributed by atoms with Crippen LogP contribution in [0, 0.1) is 0 Å². The van der Waals surface area contributed by atoms with E-state index >= 15 is 0 Å². The van der Waals surface area contributed by atoms with Gasteiger partial charge in [0.2, 0.25) is 0 Å². The van der Waals surface area contributed by atoms with Crippen LogP contribution in [0.1, 0.15) is 13.3 Å². The van der Waals surface area contributed by atoms with Gasteiger partial charge < -0.3 is 24.4 Å². The molecule has 1 aliphatic heterocycles. The average molecular weight is 398 g/mol. The summed E-state index contributed by atoms with van der Waals surface area (Å²) >= 11 is 0. The quantitative estimate of drug-likeness (QED) is 0.720. The zero-order valence-corrected chi connectivity index (χ0v) is 16.2. The van der Waals surface area contributed by atoms with Gasteiger partial charge in [0.1, 0.15) is 11.5 Å². The number of nitrogens with zero attached hydrogens (tertiary/aromatic N) is 1. The Morgan fingerprint density at radius 1 is 1.21 bits per heavy atom. The van der Waals surface area contributed by atoms with Crippen LogP contribution in [-0.4, -0.2) is 44.1 Å². The van der Waals surface area contributed by atoms with Crippen LogP contribution in [0.15, 0.2) is 48.5 Å². The molecule has 0 spiro atoms. The van der Waals surface area contributed by atoms with Gasteiger partial charge in [-0.3, -0.25) is 14.4 Å². The van der Waals surface area contributed by atoms with E-state index in [1.807, 2.05) is 6.07 Å². The highest BCUT2D eigenvalue weighted by Crippen LogP contribution is 2.31. The van der Waals surface area contributed by atoms with Crippen molar-refractivity contribution >= 4 is 29.2 Å². The number of methoxy groups -OCH3 is 1. The number of carbonyl (C=O) groups is 3. The van der Waals surface area contributed by atoms with Crippen molar-refractivity contribution < 1.29 is 28.6 Å². The van der Waals surface area contributed by atoms with Crippen molar-refractivity contribution in [3.05, 3.63) is 48.5 Å². The van der Waals surface area contributed by atoms with Gasteiger partial charge in [-0.15, -0.1) is 0 Å². The van der Waals surface area contributed by atoms with E-state index in [9.17, 15) is 14.4 Å². The number of anilines is 2. The largest absolute Gasteiger partial charge is 0.497 e. The zero-order chi connectivity index (χ0) is 20.8. The molecule has 1 aliphatic rings. The normalized spacial score (nSPS) is 13.7. The van der Waals surface area contributed by atoms with Gasteiger partial charge in [-0.2, -0.15) is 0 Å². The Kier molecular flexibility index (Phi) is 6.33. The highest BCUT2D eigenvalue weighted by Gasteiger charge is 2.26. The van der Waals surface area contributed by atoms with E-state index in [0.717, 1.165) is 0 Å². The summed E-state index contributed by atoms with van der Waals surface area (Å²) < 4.78 is 15.7. The SMILES string of the molecule is COc1cccc(NC(=O)[C@H](C)OC(=O)CCN2C(=O)COc3ccccc32)c1. The summed E-state index contributed by atoms with van der Waals surface area (Å²) in [5.41, 5.74) is 1.15. The average Bonchev–Trinajstić information content (AvgIpc) is 2.73. The van der Waals surface area contributed by atoms with Crippen LogP contribution in [0.4, 0.5) is 11.4 Å². The maximum Gasteiger partial charge on any atom is 0.308 e. The molecular formula is C21H22N2O6. The number of amides is 2. The van der Waals surface area contributed by atoms with Crippen LogP contribution in [0.5, 0.6) is 11.5 Å². The lowest BCUT2D eigenvalue weighted by Gasteiger charge is -2.29. The Hall–Kier alpha value is -3.55. The summed E-state index contributed by atoms with van der Waals surface area (Å²) in [6.07, 6.45) is -1.03. The van der Waals surface area contributed by atoms with Crippen LogP contribution >= 0.6 is 0 Å². The molecule has 0 fully saturated rings. The van der Waals surface area contributed by atoms with Crippen molar-refractivity contribution in [1.82, 2.24) is 0 Å². The minimum atomic E-state index is -0.985. The van der Waals surface area contributed by atoms with Crippen molar-refractivity contribution in [3.63, 3.8) is 0 Å². The van der Waals surface area contributed by atoms with Crippen LogP contribution < -0.4 is 19.7 Å². The zero-order valence-electron chi connectivity index (χ0n) is 16.2. The van der Waals surface area contributed by atoms with Crippen LogP contribution in [-0.2, 0) is 19.1 Å². The number of rotatable bonds is 7. The monoisotopic (exact) mass is 398 g/mol. The Morgan fingerprint density at radius 2 is 2.00 bits per heavy atom. The van der Waals surface area contributed by atoms with Crippen molar-refractivity contribution in [1.29, 1.82) is 0 Å². The minimum absolute atomic E-state index is 0.0448. The second kappa shape index (κ2) is 9.09. The Labute approximate surface area is 168 Å². The number of nitrogens with one attached hydrogen (secondary N) is 1. The standard InChI is InChI=1S/C21H22N2O6/c1-14(21(26)22-15-6-5-7-16(12-15)27-2)29-20(25)10-11-23-17-8-3-4-9-18(17)28-13-19(23)24/h3-9,12,14H,10-11,13H2,1-2H3,(H,22,26)/t14-/m0/s1. The molecule has 2 aromatic carbocycles. The highest BCUT2D eigenvalue weighted by atomic mass is 16.5. The Bertz CT molecular complexity index is 914. The molecule has 0 aliphatic carbocycles. The van der Waals surface area contributed by atoms with E-state index in [0.29, 0.717) is 22.9 Å². The summed E-state index contributed by atoms with van der Waals surface area (Å²) in [4.78, 5) is 38.1. The van der Waals surface area contributed by atoms with Gasteiger partial charge in [-0.05, 0) is 31.2 Å². The fourth-order valence-corrected chi connectivity index (χ4v) is 2.86. The lowest BCUT2D eigenvalue weighted by Crippen LogP contribution is -2.40. The Morgan fingerprint density at radius 3 is 2.79 bits per heavy atom. The number of esters is 1. The molecule has 3 rings (SSSR count). The molecule has 2 amide bonds. The topological polar surface area (TPSA) is 94.2 Å². The summed E-state index contributed by atoms with van der Waals surface area (Å²) in [6.45, 7) is 1.55. The van der Waals surface area contributed by atoms with E-state index in [2.05, 4.69) is 5.32 Å². The summed E-state index contributed by atoms with van der Waals surface area (Å²) in [5, 5.41) is 2.67. The lowest BCUT2D eigenvalue weighted by molar-refractivity contribution is -0.153. The molecule has 0 aromatic heterocycles. The van der Waals surface area contributed by atoms with E-state index in [-0.39, 0.29) is 25.5 Å². The third-order valence-electron chi connectivity index (χ3n) is 4.36. The van der Waals surface area contributed by atoms with Gasteiger partial charge >= 0.3 is 5.97 Å². The number of hydrogen-bond donors (Lipinski definition) is 1. The van der Waals surface area contributed by atoms with Crippen LogP contribution in [0.2, 0.25) is 0 Å². The number of hydrogen-bond acceptors (Lipinski definition) is 6. The van der Waals surface area contributed by atoms with Crippen LogP contribution in [0.3, 0.4) is 0 Å². The molecule has 0 unspecified atom stereocenters. The van der Waals surface area contributed by atoms with E-state index in [4.69, 9.17) is 14.2 Å². The van der Waals surface area contributed by atoms with Crippen molar-refractivity contribution in [2.24, 2.45) is 0 Å². The predicted molar refractivity (Wildman–Crippen MR) is 106 cm³/mol. The summed E-state index contributed by atoms with van der Waals surface area (Å²) in [6, 6.07) is 14.0. The second-order valence-corrected chi connectivity index (χ2v) is 6.41. The highest BCUT2D eigenvalue weighted by molar-refractivity contribution is 5.98. The molecule has 8 heteroatoms. The third-order valence-corrected chi connectivity index (χ3v) is 4.36. The third kappa shape index (κ3) is 5.04. The van der Waals surface area contributed by atoms with Crippen molar-refractivity contribution in [2.45, 2.75) is 19.4 Å². The smallest absolute Gasteiger partial charge is 0.308 e. The molecule has 0 radical (unpaired) electrons. The molecule has 1 heterocycles. The van der Waals surface area contributed by atoms with Gasteiger partial charge in [-0.1, -0.05) is 18.2 Å². The van der Waals surface area contributed by atoms with Gasteiger partial charge in [0.05, 0.1) is 19.2 Å². The molecule has 152 valence electrons. The van der Waals surface area contributed by atoms with Gasteiger partial charge in [0.25, 0.3) is 11.8 Å². The first-order chi connectivity index (χ1) is 14.0.